The highest BCUT2D eigenvalue weighted by Gasteiger charge is 2.52. The Labute approximate surface area is 64.9 Å². The van der Waals surface area contributed by atoms with Crippen molar-refractivity contribution in [2.24, 2.45) is 0 Å². The maximum absolute atomic E-state index is 12.5. The van der Waals surface area contributed by atoms with Gasteiger partial charge in [-0.2, -0.15) is 4.39 Å². The molecule has 1 N–H and O–H groups in total. The van der Waals surface area contributed by atoms with Crippen LogP contribution in [0.25, 0.3) is 0 Å². The van der Waals surface area contributed by atoms with Crippen molar-refractivity contribution in [3.8, 4) is 0 Å². The van der Waals surface area contributed by atoms with Crippen molar-refractivity contribution in [3.05, 3.63) is 0 Å². The van der Waals surface area contributed by atoms with Gasteiger partial charge in [0.1, 0.15) is 0 Å². The van der Waals surface area contributed by atoms with Crippen molar-refractivity contribution in [2.75, 3.05) is 0 Å². The number of carbonyl (C=O) groups excluding carboxylic acids is 1. The van der Waals surface area contributed by atoms with E-state index < -0.39 is 24.2 Å². The van der Waals surface area contributed by atoms with Crippen LogP contribution >= 0.6 is 0 Å². The van der Waals surface area contributed by atoms with Crippen LogP contribution in [0, 0.1) is 0 Å². The molecule has 0 saturated heterocycles. The normalized spacial score (nSPS) is 15.4. The summed E-state index contributed by atoms with van der Waals surface area (Å²) >= 11 is 0. The molecule has 1 atom stereocenters. The average Bonchev–Trinajstić information content (AvgIpc) is 1.84. The van der Waals surface area contributed by atoms with Crippen LogP contribution < -0.4 is 0 Å². The van der Waals surface area contributed by atoms with E-state index in [2.05, 4.69) is 4.74 Å². The van der Waals surface area contributed by atoms with Crippen LogP contribution in [0.2, 0.25) is 0 Å². The lowest BCUT2D eigenvalue weighted by molar-refractivity contribution is -0.230. The predicted molar refractivity (Wildman–Crippen MR) is 29.2 cm³/mol. The van der Waals surface area contributed by atoms with E-state index in [0.29, 0.717) is 6.92 Å². The van der Waals surface area contributed by atoms with Crippen molar-refractivity contribution in [1.82, 2.24) is 0 Å². The number of rotatable bonds is 3. The Balaban J connectivity index is 4.62. The summed E-state index contributed by atoms with van der Waals surface area (Å²) in [6.07, 6.45) is -3.92. The zero-order valence-electron chi connectivity index (χ0n) is 5.88. The summed E-state index contributed by atoms with van der Waals surface area (Å²) in [5.74, 6) is -8.21. The van der Waals surface area contributed by atoms with E-state index in [4.69, 9.17) is 5.11 Å². The van der Waals surface area contributed by atoms with Gasteiger partial charge in [0.05, 0.1) is 0 Å². The number of carbonyl (C=O) groups is 2. The van der Waals surface area contributed by atoms with Gasteiger partial charge in [0, 0.05) is 6.92 Å². The molecule has 0 aromatic carbocycles. The average molecular weight is 186 g/mol. The summed E-state index contributed by atoms with van der Waals surface area (Å²) in [5.41, 5.74) is 0. The molecular formula is C5H5F3O4. The first-order valence-electron chi connectivity index (χ1n) is 2.70. The maximum Gasteiger partial charge on any atom is 0.408 e. The summed E-state index contributed by atoms with van der Waals surface area (Å²) in [7, 11) is 0. The molecule has 12 heavy (non-hydrogen) atoms. The zero-order valence-corrected chi connectivity index (χ0v) is 5.88. The van der Waals surface area contributed by atoms with Gasteiger partial charge < -0.3 is 9.84 Å². The number of hydrogen-bond donors (Lipinski definition) is 1. The standard InChI is InChI=1S/C5H5F3O4/c1-2(9)12-5(8,3(6)7)4(10)11/h3H,1H3,(H,10,11). The van der Waals surface area contributed by atoms with Crippen molar-refractivity contribution in [2.45, 2.75) is 19.2 Å². The van der Waals surface area contributed by atoms with Crippen molar-refractivity contribution >= 4 is 11.9 Å². The molecule has 1 unspecified atom stereocenters. The van der Waals surface area contributed by atoms with Crippen molar-refractivity contribution < 1.29 is 32.6 Å². The molecule has 0 aromatic rings. The molecule has 0 aliphatic heterocycles. The van der Waals surface area contributed by atoms with Crippen LogP contribution in [0.5, 0.6) is 0 Å². The number of halogens is 3. The molecule has 0 amide bonds. The molecule has 0 radical (unpaired) electrons. The third-order valence-corrected chi connectivity index (χ3v) is 0.865. The van der Waals surface area contributed by atoms with E-state index in [9.17, 15) is 22.8 Å². The Morgan fingerprint density at radius 1 is 1.50 bits per heavy atom. The Hall–Kier alpha value is -1.27. The van der Waals surface area contributed by atoms with Gasteiger partial charge in [-0.05, 0) is 0 Å². The fourth-order valence-electron chi connectivity index (χ4n) is 0.391. The van der Waals surface area contributed by atoms with E-state index in [1.54, 1.807) is 0 Å². The Bertz CT molecular complexity index is 205. The molecule has 4 nitrogen and oxygen atoms in total. The lowest BCUT2D eigenvalue weighted by Crippen LogP contribution is -2.45. The minimum Gasteiger partial charge on any atom is -0.476 e. The van der Waals surface area contributed by atoms with E-state index in [-0.39, 0.29) is 0 Å². The zero-order chi connectivity index (χ0) is 9.94. The molecule has 0 aliphatic rings. The Kier molecular flexibility index (Phi) is 3.06. The molecule has 0 aromatic heterocycles. The number of esters is 1. The number of alkyl halides is 3. The molecule has 0 heterocycles. The first-order chi connectivity index (χ1) is 5.30. The molecule has 0 fully saturated rings. The summed E-state index contributed by atoms with van der Waals surface area (Å²) in [6, 6.07) is 0. The molecule has 0 aliphatic carbocycles. The monoisotopic (exact) mass is 186 g/mol. The van der Waals surface area contributed by atoms with Crippen LogP contribution in [0.1, 0.15) is 6.92 Å². The Morgan fingerprint density at radius 3 is 2.00 bits per heavy atom. The number of aliphatic carboxylic acids is 1. The lowest BCUT2D eigenvalue weighted by Gasteiger charge is -2.18. The first kappa shape index (κ1) is 10.7. The fraction of sp³-hybridized carbons (Fsp3) is 0.600. The van der Waals surface area contributed by atoms with Gasteiger partial charge in [-0.1, -0.05) is 0 Å². The van der Waals surface area contributed by atoms with Crippen molar-refractivity contribution in [1.29, 1.82) is 0 Å². The van der Waals surface area contributed by atoms with E-state index in [0.717, 1.165) is 0 Å². The topological polar surface area (TPSA) is 63.6 Å². The van der Waals surface area contributed by atoms with Gasteiger partial charge in [-0.3, -0.25) is 4.79 Å². The lowest BCUT2D eigenvalue weighted by atomic mass is 10.3. The second kappa shape index (κ2) is 3.42. The highest BCUT2D eigenvalue weighted by atomic mass is 19.3. The number of hydrogen-bond acceptors (Lipinski definition) is 3. The Morgan fingerprint density at radius 2 is 1.92 bits per heavy atom. The molecule has 0 rings (SSSR count). The van der Waals surface area contributed by atoms with Crippen LogP contribution in [0.3, 0.4) is 0 Å². The first-order valence-corrected chi connectivity index (χ1v) is 2.70. The summed E-state index contributed by atoms with van der Waals surface area (Å²) in [6.45, 7) is 0.625. The predicted octanol–water partition coefficient (Wildman–Crippen LogP) is 0.565. The smallest absolute Gasteiger partial charge is 0.408 e. The fourth-order valence-corrected chi connectivity index (χ4v) is 0.391. The summed E-state index contributed by atoms with van der Waals surface area (Å²) in [4.78, 5) is 19.9. The number of carboxylic acids is 1. The van der Waals surface area contributed by atoms with Crippen molar-refractivity contribution in [3.63, 3.8) is 0 Å². The SMILES string of the molecule is CC(=O)OC(F)(C(=O)O)C(F)F. The third-order valence-electron chi connectivity index (χ3n) is 0.865. The number of carboxylic acid groups (broad SMARTS) is 1. The van der Waals surface area contributed by atoms with Crippen LogP contribution in [0.15, 0.2) is 0 Å². The quantitative estimate of drug-likeness (QED) is 0.654. The van der Waals surface area contributed by atoms with Crippen LogP contribution in [-0.4, -0.2) is 29.3 Å². The molecule has 7 heteroatoms. The number of ether oxygens (including phenoxy) is 1. The van der Waals surface area contributed by atoms with Gasteiger partial charge in [-0.25, -0.2) is 13.6 Å². The van der Waals surface area contributed by atoms with E-state index >= 15 is 0 Å². The van der Waals surface area contributed by atoms with Crippen LogP contribution in [0.4, 0.5) is 13.2 Å². The molecule has 0 bridgehead atoms. The minimum absolute atomic E-state index is 0.625. The van der Waals surface area contributed by atoms with Crippen LogP contribution in [-0.2, 0) is 14.3 Å². The van der Waals surface area contributed by atoms with E-state index in [1.165, 1.54) is 0 Å². The second-order valence-corrected chi connectivity index (χ2v) is 1.84. The van der Waals surface area contributed by atoms with Gasteiger partial charge in [-0.15, -0.1) is 0 Å². The highest BCUT2D eigenvalue weighted by molar-refractivity contribution is 5.80. The largest absolute Gasteiger partial charge is 0.476 e. The second-order valence-electron chi connectivity index (χ2n) is 1.84. The minimum atomic E-state index is -4.24. The van der Waals surface area contributed by atoms with Gasteiger partial charge in [0.2, 0.25) is 0 Å². The maximum atomic E-state index is 12.5. The summed E-state index contributed by atoms with van der Waals surface area (Å²) < 4.78 is 39.1. The summed E-state index contributed by atoms with van der Waals surface area (Å²) in [5, 5.41) is 7.92. The molecule has 70 valence electrons. The van der Waals surface area contributed by atoms with Gasteiger partial charge >= 0.3 is 24.2 Å². The van der Waals surface area contributed by atoms with E-state index in [1.807, 2.05) is 0 Å². The molecular weight excluding hydrogens is 181 g/mol. The highest BCUT2D eigenvalue weighted by Crippen LogP contribution is 2.22. The molecule has 0 saturated carbocycles. The molecule has 0 spiro atoms. The van der Waals surface area contributed by atoms with Gasteiger partial charge in [0.15, 0.2) is 0 Å². The van der Waals surface area contributed by atoms with Gasteiger partial charge in [0.25, 0.3) is 0 Å². The third kappa shape index (κ3) is 2.11.